The Bertz CT molecular complexity index is 1010. The predicted molar refractivity (Wildman–Crippen MR) is 96.9 cm³/mol. The molecule has 7 heteroatoms. The molecule has 0 fully saturated rings. The average molecular weight is 354 g/mol. The van der Waals surface area contributed by atoms with Crippen LogP contribution in [0.15, 0.2) is 29.1 Å². The maximum atomic E-state index is 12.7. The quantitative estimate of drug-likeness (QED) is 0.784. The van der Waals surface area contributed by atoms with Crippen LogP contribution in [-0.2, 0) is 19.4 Å². The third kappa shape index (κ3) is 3.07. The van der Waals surface area contributed by atoms with Gasteiger partial charge in [0.2, 0.25) is 0 Å². The summed E-state index contributed by atoms with van der Waals surface area (Å²) in [5.74, 6) is -0.258. The highest BCUT2D eigenvalue weighted by atomic mass is 32.1. The number of amides is 1. The number of fused-ring (bicyclic) bond motifs is 2. The minimum Gasteiger partial charge on any atom is -0.337 e. The van der Waals surface area contributed by atoms with E-state index in [4.69, 9.17) is 0 Å². The number of aromatic amines is 1. The molecule has 1 aromatic carbocycles. The fourth-order valence-electron chi connectivity index (χ4n) is 3.31. The second-order valence-electron chi connectivity index (χ2n) is 6.47. The lowest BCUT2D eigenvalue weighted by Crippen LogP contribution is -2.32. The van der Waals surface area contributed by atoms with Crippen LogP contribution in [0.4, 0.5) is 0 Å². The van der Waals surface area contributed by atoms with Crippen molar-refractivity contribution in [2.75, 3.05) is 7.05 Å². The molecule has 1 aliphatic rings. The molecule has 2 heterocycles. The van der Waals surface area contributed by atoms with Crippen LogP contribution in [0.5, 0.6) is 0 Å². The highest BCUT2D eigenvalue weighted by Gasteiger charge is 2.20. The van der Waals surface area contributed by atoms with Crippen molar-refractivity contribution in [2.24, 2.45) is 0 Å². The summed E-state index contributed by atoms with van der Waals surface area (Å²) in [6, 6.07) is 7.54. The molecule has 6 nitrogen and oxygen atoms in total. The number of benzene rings is 1. The largest absolute Gasteiger partial charge is 0.337 e. The number of aromatic nitrogens is 3. The predicted octanol–water partition coefficient (Wildman–Crippen LogP) is 2.53. The number of aryl methyl sites for hydroxylation is 2. The number of carbonyl (C=O) groups excluding carboxylic acids is 1. The summed E-state index contributed by atoms with van der Waals surface area (Å²) in [4.78, 5) is 29.5. The zero-order chi connectivity index (χ0) is 17.4. The summed E-state index contributed by atoms with van der Waals surface area (Å²) in [6.45, 7) is 0.419. The van der Waals surface area contributed by atoms with E-state index >= 15 is 0 Å². The molecule has 4 rings (SSSR count). The summed E-state index contributed by atoms with van der Waals surface area (Å²) >= 11 is 1.17. The number of pyridine rings is 1. The van der Waals surface area contributed by atoms with E-state index in [1.54, 1.807) is 18.0 Å². The Kier molecular flexibility index (Phi) is 4.09. The van der Waals surface area contributed by atoms with E-state index in [9.17, 15) is 9.59 Å². The van der Waals surface area contributed by atoms with E-state index in [0.29, 0.717) is 6.54 Å². The van der Waals surface area contributed by atoms with Gasteiger partial charge in [-0.3, -0.25) is 9.59 Å². The average Bonchev–Trinajstić information content (AvgIpc) is 3.08. The molecule has 0 atom stereocenters. The number of H-pyrrole nitrogens is 1. The molecule has 0 spiro atoms. The molecule has 3 aromatic rings. The highest BCUT2D eigenvalue weighted by molar-refractivity contribution is 7.00. The zero-order valence-electron chi connectivity index (χ0n) is 13.9. The molecular formula is C18H18N4O2S. The molecule has 2 aromatic heterocycles. The van der Waals surface area contributed by atoms with E-state index in [1.807, 2.05) is 18.2 Å². The zero-order valence-corrected chi connectivity index (χ0v) is 14.7. The van der Waals surface area contributed by atoms with Gasteiger partial charge in [0.15, 0.2) is 0 Å². The smallest absolute Gasteiger partial charge is 0.261 e. The molecule has 1 amide bonds. The van der Waals surface area contributed by atoms with Gasteiger partial charge in [-0.15, -0.1) is 0 Å². The van der Waals surface area contributed by atoms with E-state index < -0.39 is 0 Å². The molecule has 0 saturated heterocycles. The van der Waals surface area contributed by atoms with Gasteiger partial charge in [0, 0.05) is 19.3 Å². The Morgan fingerprint density at radius 2 is 2.00 bits per heavy atom. The first-order valence-corrected chi connectivity index (χ1v) is 9.06. The molecule has 0 aliphatic heterocycles. The topological polar surface area (TPSA) is 79.0 Å². The van der Waals surface area contributed by atoms with Gasteiger partial charge in [0.25, 0.3) is 11.5 Å². The first-order valence-electron chi connectivity index (χ1n) is 8.33. The Hall–Kier alpha value is -2.54. The number of nitrogens with one attached hydrogen (secondary N) is 1. The summed E-state index contributed by atoms with van der Waals surface area (Å²) in [7, 11) is 1.71. The SMILES string of the molecule is CN(Cc1ccc2nsnc2c1)C(=O)c1cc2c([nH]c1=O)CCCC2. The Balaban J connectivity index is 1.58. The minimum absolute atomic E-state index is 0.222. The van der Waals surface area contributed by atoms with Crippen molar-refractivity contribution in [3.8, 4) is 0 Å². The van der Waals surface area contributed by atoms with Crippen LogP contribution >= 0.6 is 11.7 Å². The number of hydrogen-bond acceptors (Lipinski definition) is 5. The lowest BCUT2D eigenvalue weighted by atomic mass is 9.95. The molecule has 1 aliphatic carbocycles. The molecule has 25 heavy (non-hydrogen) atoms. The van der Waals surface area contributed by atoms with Crippen molar-refractivity contribution >= 4 is 28.7 Å². The second kappa shape index (κ2) is 6.40. The Morgan fingerprint density at radius 1 is 1.20 bits per heavy atom. The molecule has 0 unspecified atom stereocenters. The van der Waals surface area contributed by atoms with Gasteiger partial charge in [0.05, 0.1) is 11.7 Å². The minimum atomic E-state index is -0.295. The number of rotatable bonds is 3. The van der Waals surface area contributed by atoms with Crippen LogP contribution < -0.4 is 5.56 Å². The van der Waals surface area contributed by atoms with Gasteiger partial charge in [0.1, 0.15) is 16.6 Å². The molecule has 0 radical (unpaired) electrons. The van der Waals surface area contributed by atoms with E-state index in [2.05, 4.69) is 13.7 Å². The van der Waals surface area contributed by atoms with Crippen molar-refractivity contribution in [3.63, 3.8) is 0 Å². The molecule has 128 valence electrons. The number of nitrogens with zero attached hydrogens (tertiary/aromatic N) is 3. The highest BCUT2D eigenvalue weighted by Crippen LogP contribution is 2.19. The molecular weight excluding hydrogens is 336 g/mol. The summed E-state index contributed by atoms with van der Waals surface area (Å²) in [5, 5.41) is 0. The monoisotopic (exact) mass is 354 g/mol. The van der Waals surface area contributed by atoms with Crippen molar-refractivity contribution in [1.82, 2.24) is 18.6 Å². The van der Waals surface area contributed by atoms with Crippen molar-refractivity contribution in [3.05, 3.63) is 57.0 Å². The maximum Gasteiger partial charge on any atom is 0.261 e. The van der Waals surface area contributed by atoms with E-state index in [-0.39, 0.29) is 17.0 Å². The van der Waals surface area contributed by atoms with Crippen molar-refractivity contribution in [2.45, 2.75) is 32.2 Å². The van der Waals surface area contributed by atoms with Crippen molar-refractivity contribution in [1.29, 1.82) is 0 Å². The Labute approximate surface area is 148 Å². The van der Waals surface area contributed by atoms with Crippen LogP contribution in [-0.4, -0.2) is 31.6 Å². The van der Waals surface area contributed by atoms with Crippen LogP contribution in [0, 0.1) is 0 Å². The third-order valence-electron chi connectivity index (χ3n) is 4.65. The van der Waals surface area contributed by atoms with Gasteiger partial charge in [-0.25, -0.2) is 0 Å². The van der Waals surface area contributed by atoms with Crippen molar-refractivity contribution < 1.29 is 4.79 Å². The van der Waals surface area contributed by atoms with Crippen LogP contribution in [0.25, 0.3) is 11.0 Å². The van der Waals surface area contributed by atoms with Crippen LogP contribution in [0.1, 0.15) is 40.0 Å². The molecule has 0 saturated carbocycles. The van der Waals surface area contributed by atoms with Gasteiger partial charge in [-0.2, -0.15) is 8.75 Å². The van der Waals surface area contributed by atoms with E-state index in [0.717, 1.165) is 53.5 Å². The number of hydrogen-bond donors (Lipinski definition) is 1. The summed E-state index contributed by atoms with van der Waals surface area (Å²) in [6.07, 6.45) is 3.99. The summed E-state index contributed by atoms with van der Waals surface area (Å²) < 4.78 is 8.40. The van der Waals surface area contributed by atoms with Crippen LogP contribution in [0.3, 0.4) is 0 Å². The summed E-state index contributed by atoms with van der Waals surface area (Å²) in [5.41, 5.74) is 4.65. The van der Waals surface area contributed by atoms with Gasteiger partial charge in [-0.05, 0) is 55.0 Å². The number of carbonyl (C=O) groups is 1. The van der Waals surface area contributed by atoms with Gasteiger partial charge >= 0.3 is 0 Å². The van der Waals surface area contributed by atoms with Gasteiger partial charge < -0.3 is 9.88 Å². The lowest BCUT2D eigenvalue weighted by Gasteiger charge is -2.19. The first-order chi connectivity index (χ1) is 12.1. The maximum absolute atomic E-state index is 12.7. The lowest BCUT2D eigenvalue weighted by molar-refractivity contribution is 0.0783. The first kappa shape index (κ1) is 16.0. The fourth-order valence-corrected chi connectivity index (χ4v) is 3.83. The third-order valence-corrected chi connectivity index (χ3v) is 5.21. The second-order valence-corrected chi connectivity index (χ2v) is 7.00. The van der Waals surface area contributed by atoms with E-state index in [1.165, 1.54) is 11.7 Å². The molecule has 1 N–H and O–H groups in total. The molecule has 0 bridgehead atoms. The normalized spacial score (nSPS) is 13.6. The standard InChI is InChI=1S/C18H18N4O2S/c1-22(10-11-6-7-15-16(8-11)21-25-20-15)18(24)13-9-12-4-2-3-5-14(12)19-17(13)23/h6-9H,2-5,10H2,1H3,(H,19,23). The fraction of sp³-hybridized carbons (Fsp3) is 0.333. The Morgan fingerprint density at radius 3 is 2.88 bits per heavy atom. The van der Waals surface area contributed by atoms with Crippen LogP contribution in [0.2, 0.25) is 0 Å². The van der Waals surface area contributed by atoms with Gasteiger partial charge in [-0.1, -0.05) is 6.07 Å².